The molecule has 2 aliphatic rings. The van der Waals surface area contributed by atoms with E-state index >= 15 is 0 Å². The third-order valence-electron chi connectivity index (χ3n) is 4.40. The normalized spacial score (nSPS) is 24.6. The summed E-state index contributed by atoms with van der Waals surface area (Å²) in [6, 6.07) is 5.37. The molecule has 1 aliphatic carbocycles. The van der Waals surface area contributed by atoms with E-state index in [-0.39, 0.29) is 30.2 Å². The number of halogens is 4. The van der Waals surface area contributed by atoms with Crippen LogP contribution in [-0.2, 0) is 11.0 Å². The monoisotopic (exact) mass is 348 g/mol. The summed E-state index contributed by atoms with van der Waals surface area (Å²) in [5, 5.41) is 3.24. The van der Waals surface area contributed by atoms with Gasteiger partial charge in [0.1, 0.15) is 0 Å². The smallest absolute Gasteiger partial charge is 0.341 e. The molecular weight excluding hydrogens is 329 g/mol. The molecule has 1 heterocycles. The number of rotatable bonds is 2. The highest BCUT2D eigenvalue weighted by molar-refractivity contribution is 5.85. The number of hydrogen-bond acceptors (Lipinski definition) is 2. The van der Waals surface area contributed by atoms with Crippen molar-refractivity contribution in [1.82, 2.24) is 10.2 Å². The van der Waals surface area contributed by atoms with E-state index in [1.807, 2.05) is 4.90 Å². The fraction of sp³-hybridized carbons (Fsp3) is 0.562. The molecule has 1 aromatic rings. The highest BCUT2D eigenvalue weighted by Crippen LogP contribution is 2.49. The van der Waals surface area contributed by atoms with Gasteiger partial charge >= 0.3 is 6.18 Å². The Kier molecular flexibility index (Phi) is 5.57. The zero-order valence-electron chi connectivity index (χ0n) is 12.6. The Morgan fingerprint density at radius 3 is 2.74 bits per heavy atom. The first-order valence-corrected chi connectivity index (χ1v) is 7.63. The van der Waals surface area contributed by atoms with E-state index in [1.54, 1.807) is 6.07 Å². The second-order valence-electron chi connectivity index (χ2n) is 6.00. The van der Waals surface area contributed by atoms with Gasteiger partial charge in [0, 0.05) is 25.6 Å². The first kappa shape index (κ1) is 18.1. The van der Waals surface area contributed by atoms with Gasteiger partial charge in [0.05, 0.1) is 5.56 Å². The minimum Gasteiger partial charge on any atom is -0.341 e. The molecule has 1 amide bonds. The van der Waals surface area contributed by atoms with Crippen molar-refractivity contribution in [3.8, 4) is 0 Å². The third-order valence-corrected chi connectivity index (χ3v) is 4.40. The van der Waals surface area contributed by atoms with E-state index in [4.69, 9.17) is 0 Å². The van der Waals surface area contributed by atoms with Gasteiger partial charge in [-0.2, -0.15) is 13.2 Å². The van der Waals surface area contributed by atoms with Gasteiger partial charge in [-0.15, -0.1) is 12.4 Å². The molecule has 23 heavy (non-hydrogen) atoms. The molecular formula is C16H20ClF3N2O. The van der Waals surface area contributed by atoms with Gasteiger partial charge in [-0.1, -0.05) is 18.2 Å². The summed E-state index contributed by atoms with van der Waals surface area (Å²) in [5.74, 6) is -0.126. The Bertz CT molecular complexity index is 557. The summed E-state index contributed by atoms with van der Waals surface area (Å²) in [6.07, 6.45) is -2.75. The fourth-order valence-electron chi connectivity index (χ4n) is 3.08. The molecule has 1 saturated heterocycles. The second kappa shape index (κ2) is 7.09. The number of nitrogens with zero attached hydrogens (tertiary/aromatic N) is 1. The quantitative estimate of drug-likeness (QED) is 0.891. The van der Waals surface area contributed by atoms with Crippen molar-refractivity contribution in [2.45, 2.75) is 24.9 Å². The summed E-state index contributed by atoms with van der Waals surface area (Å²) in [4.78, 5) is 14.3. The average molecular weight is 349 g/mol. The van der Waals surface area contributed by atoms with Crippen LogP contribution in [0.5, 0.6) is 0 Å². The van der Waals surface area contributed by atoms with Gasteiger partial charge < -0.3 is 10.2 Å². The van der Waals surface area contributed by atoms with E-state index in [0.717, 1.165) is 32.1 Å². The minimum atomic E-state index is -4.33. The molecule has 3 nitrogen and oxygen atoms in total. The summed E-state index contributed by atoms with van der Waals surface area (Å²) in [7, 11) is 0. The molecule has 1 aromatic carbocycles. The van der Waals surface area contributed by atoms with E-state index in [0.29, 0.717) is 18.5 Å². The fourth-order valence-corrected chi connectivity index (χ4v) is 3.08. The lowest BCUT2D eigenvalue weighted by Crippen LogP contribution is -2.35. The zero-order valence-corrected chi connectivity index (χ0v) is 13.4. The number of carbonyl (C=O) groups excluding carboxylic acids is 1. The molecule has 0 radical (unpaired) electrons. The van der Waals surface area contributed by atoms with Crippen LogP contribution in [0.1, 0.15) is 29.9 Å². The Balaban J connectivity index is 0.00000192. The average Bonchev–Trinajstić information content (AvgIpc) is 3.30. The first-order valence-electron chi connectivity index (χ1n) is 7.63. The largest absolute Gasteiger partial charge is 0.416 e. The topological polar surface area (TPSA) is 32.3 Å². The van der Waals surface area contributed by atoms with Crippen molar-refractivity contribution in [3.63, 3.8) is 0 Å². The van der Waals surface area contributed by atoms with Crippen LogP contribution in [-0.4, -0.2) is 37.0 Å². The molecule has 7 heteroatoms. The van der Waals surface area contributed by atoms with Crippen LogP contribution >= 0.6 is 12.4 Å². The molecule has 2 atom stereocenters. The van der Waals surface area contributed by atoms with Crippen molar-refractivity contribution in [2.24, 2.45) is 5.92 Å². The van der Waals surface area contributed by atoms with Crippen molar-refractivity contribution in [1.29, 1.82) is 0 Å². The zero-order chi connectivity index (χ0) is 15.7. The Labute approximate surface area is 139 Å². The van der Waals surface area contributed by atoms with Crippen molar-refractivity contribution < 1.29 is 18.0 Å². The molecule has 0 bridgehead atoms. The standard InChI is InChI=1S/C16H19F3N2O.ClH/c17-16(18,19)12-4-1-3-11(9-12)13-10-14(13)15(22)21-7-2-5-20-6-8-21;/h1,3-4,9,13-14,20H,2,5-8,10H2;1H. The predicted octanol–water partition coefficient (Wildman–Crippen LogP) is 3.05. The lowest BCUT2D eigenvalue weighted by molar-refractivity contribution is -0.137. The molecule has 2 fully saturated rings. The minimum absolute atomic E-state index is 0. The van der Waals surface area contributed by atoms with Gasteiger partial charge in [-0.05, 0) is 36.9 Å². The van der Waals surface area contributed by atoms with Gasteiger partial charge in [-0.25, -0.2) is 0 Å². The summed E-state index contributed by atoms with van der Waals surface area (Å²) < 4.78 is 38.3. The highest BCUT2D eigenvalue weighted by Gasteiger charge is 2.46. The molecule has 0 spiro atoms. The second-order valence-corrected chi connectivity index (χ2v) is 6.00. The molecule has 1 aliphatic heterocycles. The van der Waals surface area contributed by atoms with E-state index in [2.05, 4.69) is 5.32 Å². The number of benzene rings is 1. The van der Waals surface area contributed by atoms with Gasteiger partial charge in [0.15, 0.2) is 0 Å². The van der Waals surface area contributed by atoms with E-state index in [9.17, 15) is 18.0 Å². The molecule has 2 unspecified atom stereocenters. The van der Waals surface area contributed by atoms with E-state index < -0.39 is 11.7 Å². The van der Waals surface area contributed by atoms with Crippen molar-refractivity contribution in [2.75, 3.05) is 26.2 Å². The number of hydrogen-bond donors (Lipinski definition) is 1. The third kappa shape index (κ3) is 4.18. The van der Waals surface area contributed by atoms with Gasteiger partial charge in [-0.3, -0.25) is 4.79 Å². The van der Waals surface area contributed by atoms with Crippen LogP contribution in [0.2, 0.25) is 0 Å². The maximum atomic E-state index is 12.8. The Hall–Kier alpha value is -1.27. The maximum Gasteiger partial charge on any atom is 0.416 e. The van der Waals surface area contributed by atoms with Crippen LogP contribution in [0.3, 0.4) is 0 Å². The van der Waals surface area contributed by atoms with Crippen molar-refractivity contribution in [3.05, 3.63) is 35.4 Å². The van der Waals surface area contributed by atoms with Crippen LogP contribution < -0.4 is 5.32 Å². The number of amides is 1. The molecule has 3 rings (SSSR count). The Morgan fingerprint density at radius 2 is 2.00 bits per heavy atom. The Morgan fingerprint density at radius 1 is 1.22 bits per heavy atom. The lowest BCUT2D eigenvalue weighted by atomic mass is 10.0. The highest BCUT2D eigenvalue weighted by atomic mass is 35.5. The maximum absolute atomic E-state index is 12.8. The van der Waals surface area contributed by atoms with Gasteiger partial charge in [0.2, 0.25) is 5.91 Å². The lowest BCUT2D eigenvalue weighted by Gasteiger charge is -2.20. The number of alkyl halides is 3. The predicted molar refractivity (Wildman–Crippen MR) is 83.6 cm³/mol. The van der Waals surface area contributed by atoms with Crippen LogP contribution in [0.15, 0.2) is 24.3 Å². The van der Waals surface area contributed by atoms with Crippen molar-refractivity contribution >= 4 is 18.3 Å². The number of nitrogens with one attached hydrogen (secondary N) is 1. The molecule has 128 valence electrons. The number of carbonyl (C=O) groups is 1. The molecule has 0 aromatic heterocycles. The van der Waals surface area contributed by atoms with Crippen LogP contribution in [0.4, 0.5) is 13.2 Å². The summed E-state index contributed by atoms with van der Waals surface area (Å²) in [6.45, 7) is 3.11. The molecule has 1 saturated carbocycles. The van der Waals surface area contributed by atoms with Crippen LogP contribution in [0.25, 0.3) is 0 Å². The van der Waals surface area contributed by atoms with E-state index in [1.165, 1.54) is 12.1 Å². The van der Waals surface area contributed by atoms with Crippen LogP contribution in [0, 0.1) is 5.92 Å². The summed E-state index contributed by atoms with van der Waals surface area (Å²) >= 11 is 0. The first-order chi connectivity index (χ1) is 10.5. The summed E-state index contributed by atoms with van der Waals surface area (Å²) in [5.41, 5.74) is -0.0109. The SMILES string of the molecule is Cl.O=C(C1CC1c1cccc(C(F)(F)F)c1)N1CCCNCC1. The molecule has 1 N–H and O–H groups in total. The van der Waals surface area contributed by atoms with Gasteiger partial charge in [0.25, 0.3) is 0 Å².